The smallest absolute Gasteiger partial charge is 0.312 e. The van der Waals surface area contributed by atoms with Crippen molar-refractivity contribution in [2.45, 2.75) is 6.54 Å². The first-order valence-corrected chi connectivity index (χ1v) is 6.24. The van der Waals surface area contributed by atoms with Gasteiger partial charge in [0.2, 0.25) is 0 Å². The monoisotopic (exact) mass is 270 g/mol. The Labute approximate surface area is 114 Å². The predicted molar refractivity (Wildman–Crippen MR) is 75.8 cm³/mol. The summed E-state index contributed by atoms with van der Waals surface area (Å²) < 4.78 is 4.34. The van der Waals surface area contributed by atoms with Crippen molar-refractivity contribution in [2.24, 2.45) is 14.1 Å². The third-order valence-corrected chi connectivity index (χ3v) is 3.40. The Kier molecular flexibility index (Phi) is 2.78. The number of hydrogen-bond acceptors (Lipinski definition) is 3. The first-order valence-electron chi connectivity index (χ1n) is 6.24. The van der Waals surface area contributed by atoms with E-state index in [4.69, 9.17) is 0 Å². The highest BCUT2D eigenvalue weighted by atomic mass is 16.2. The molecule has 6 nitrogen and oxygen atoms in total. The number of nitrogens with zero attached hydrogens (tertiary/aromatic N) is 4. The molecule has 20 heavy (non-hydrogen) atoms. The van der Waals surface area contributed by atoms with Gasteiger partial charge in [-0.2, -0.15) is 0 Å². The van der Waals surface area contributed by atoms with Gasteiger partial charge in [-0.25, -0.2) is 9.78 Å². The van der Waals surface area contributed by atoms with Crippen LogP contribution in [0.5, 0.6) is 0 Å². The summed E-state index contributed by atoms with van der Waals surface area (Å²) in [6, 6.07) is 9.83. The third-order valence-electron chi connectivity index (χ3n) is 3.40. The van der Waals surface area contributed by atoms with Crippen molar-refractivity contribution in [3.8, 4) is 0 Å². The molecule has 0 aliphatic heterocycles. The first kappa shape index (κ1) is 12.4. The largest absolute Gasteiger partial charge is 0.332 e. The molecule has 0 aliphatic rings. The van der Waals surface area contributed by atoms with Crippen LogP contribution in [0.3, 0.4) is 0 Å². The van der Waals surface area contributed by atoms with Gasteiger partial charge < -0.3 is 4.57 Å². The normalized spacial score (nSPS) is 11.1. The zero-order valence-electron chi connectivity index (χ0n) is 11.3. The van der Waals surface area contributed by atoms with Crippen LogP contribution in [0.2, 0.25) is 0 Å². The van der Waals surface area contributed by atoms with Crippen LogP contribution in [0.25, 0.3) is 11.2 Å². The molecule has 2 aromatic heterocycles. The summed E-state index contributed by atoms with van der Waals surface area (Å²) in [4.78, 5) is 28.2. The van der Waals surface area contributed by atoms with Crippen molar-refractivity contribution < 1.29 is 0 Å². The van der Waals surface area contributed by atoms with Gasteiger partial charge in [-0.15, -0.1) is 0 Å². The summed E-state index contributed by atoms with van der Waals surface area (Å²) in [5.74, 6) is 0. The summed E-state index contributed by atoms with van der Waals surface area (Å²) in [7, 11) is 3.10. The fourth-order valence-corrected chi connectivity index (χ4v) is 2.34. The van der Waals surface area contributed by atoms with Crippen LogP contribution in [0.15, 0.2) is 46.2 Å². The lowest BCUT2D eigenvalue weighted by molar-refractivity contribution is 0.688. The lowest BCUT2D eigenvalue weighted by Gasteiger charge is -2.08. The van der Waals surface area contributed by atoms with E-state index in [1.807, 2.05) is 34.9 Å². The Morgan fingerprint density at radius 2 is 1.75 bits per heavy atom. The molecule has 6 heteroatoms. The van der Waals surface area contributed by atoms with Crippen molar-refractivity contribution in [1.29, 1.82) is 0 Å². The van der Waals surface area contributed by atoms with Crippen molar-refractivity contribution in [3.05, 3.63) is 63.1 Å². The van der Waals surface area contributed by atoms with E-state index in [1.165, 1.54) is 11.6 Å². The molecule has 0 N–H and O–H groups in total. The summed E-state index contributed by atoms with van der Waals surface area (Å²) in [6.45, 7) is 0.567. The van der Waals surface area contributed by atoms with Crippen LogP contribution in [0.4, 0.5) is 0 Å². The van der Waals surface area contributed by atoms with Crippen LogP contribution >= 0.6 is 0 Å². The molecule has 0 aliphatic carbocycles. The molecule has 0 bridgehead atoms. The van der Waals surface area contributed by atoms with Gasteiger partial charge in [-0.3, -0.25) is 13.9 Å². The summed E-state index contributed by atoms with van der Waals surface area (Å²) >= 11 is 0. The Hall–Kier alpha value is -2.63. The average Bonchev–Trinajstić information content (AvgIpc) is 2.88. The van der Waals surface area contributed by atoms with E-state index in [2.05, 4.69) is 4.98 Å². The van der Waals surface area contributed by atoms with Crippen LogP contribution in [0, 0.1) is 0 Å². The zero-order chi connectivity index (χ0) is 14.3. The van der Waals surface area contributed by atoms with Gasteiger partial charge in [-0.05, 0) is 5.56 Å². The topological polar surface area (TPSA) is 61.8 Å². The highest BCUT2D eigenvalue weighted by Gasteiger charge is 2.13. The SMILES string of the molecule is Cn1c(=O)c2ncn(Cc3ccccc3)c2n(C)c1=O. The standard InChI is InChI=1S/C14H14N4O2/c1-16-12-11(13(19)17(2)14(16)20)15-9-18(12)8-10-6-4-3-5-7-10/h3-7,9H,8H2,1-2H3. The first-order chi connectivity index (χ1) is 9.59. The summed E-state index contributed by atoms with van der Waals surface area (Å²) in [5, 5.41) is 0. The molecule has 2 heterocycles. The van der Waals surface area contributed by atoms with Crippen LogP contribution < -0.4 is 11.2 Å². The molecule has 0 radical (unpaired) electrons. The van der Waals surface area contributed by atoms with Crippen molar-refractivity contribution >= 4 is 11.2 Å². The number of rotatable bonds is 2. The molecule has 0 spiro atoms. The molecule has 0 saturated carbocycles. The Balaban J connectivity index is 2.24. The minimum Gasteiger partial charge on any atom is -0.312 e. The minimum atomic E-state index is -0.366. The molecule has 0 atom stereocenters. The van der Waals surface area contributed by atoms with Gasteiger partial charge in [-0.1, -0.05) is 30.3 Å². The number of hydrogen-bond donors (Lipinski definition) is 0. The molecule has 3 aromatic rings. The van der Waals surface area contributed by atoms with Gasteiger partial charge in [0, 0.05) is 14.1 Å². The number of fused-ring (bicyclic) bond motifs is 1. The lowest BCUT2D eigenvalue weighted by Crippen LogP contribution is -2.37. The van der Waals surface area contributed by atoms with Gasteiger partial charge in [0.15, 0.2) is 5.52 Å². The van der Waals surface area contributed by atoms with E-state index >= 15 is 0 Å². The number of aryl methyl sites for hydroxylation is 1. The highest BCUT2D eigenvalue weighted by molar-refractivity contribution is 5.69. The maximum absolute atomic E-state index is 12.0. The molecule has 0 saturated heterocycles. The maximum Gasteiger partial charge on any atom is 0.332 e. The molecule has 1 aromatic carbocycles. The third kappa shape index (κ3) is 1.77. The fourth-order valence-electron chi connectivity index (χ4n) is 2.34. The van der Waals surface area contributed by atoms with Crippen LogP contribution in [-0.4, -0.2) is 18.7 Å². The van der Waals surface area contributed by atoms with Crippen molar-refractivity contribution in [2.75, 3.05) is 0 Å². The number of imidazole rings is 1. The molecule has 0 fully saturated rings. The van der Waals surface area contributed by atoms with Crippen molar-refractivity contribution in [3.63, 3.8) is 0 Å². The van der Waals surface area contributed by atoms with Crippen LogP contribution in [-0.2, 0) is 20.6 Å². The van der Waals surface area contributed by atoms with E-state index in [0.717, 1.165) is 10.1 Å². The van der Waals surface area contributed by atoms with Crippen molar-refractivity contribution in [1.82, 2.24) is 18.7 Å². The number of aromatic nitrogens is 4. The van der Waals surface area contributed by atoms with Gasteiger partial charge in [0.25, 0.3) is 5.56 Å². The van der Waals surface area contributed by atoms with Gasteiger partial charge in [0.05, 0.1) is 12.9 Å². The molecule has 102 valence electrons. The summed E-state index contributed by atoms with van der Waals surface area (Å²) in [6.07, 6.45) is 1.60. The second kappa shape index (κ2) is 4.48. The van der Waals surface area contributed by atoms with E-state index in [9.17, 15) is 9.59 Å². The van der Waals surface area contributed by atoms with E-state index in [-0.39, 0.29) is 11.2 Å². The second-order valence-electron chi connectivity index (χ2n) is 4.74. The molecule has 3 rings (SSSR count). The highest BCUT2D eigenvalue weighted by Crippen LogP contribution is 2.09. The predicted octanol–water partition coefficient (Wildman–Crippen LogP) is 0.482. The molecular weight excluding hydrogens is 256 g/mol. The van der Waals surface area contributed by atoms with E-state index < -0.39 is 0 Å². The maximum atomic E-state index is 12.0. The quantitative estimate of drug-likeness (QED) is 0.680. The average molecular weight is 270 g/mol. The lowest BCUT2D eigenvalue weighted by atomic mass is 10.2. The summed E-state index contributed by atoms with van der Waals surface area (Å²) in [5.41, 5.74) is 1.22. The minimum absolute atomic E-state index is 0.311. The Morgan fingerprint density at radius 3 is 2.45 bits per heavy atom. The molecule has 0 amide bonds. The number of benzene rings is 1. The Bertz CT molecular complexity index is 887. The van der Waals surface area contributed by atoms with Gasteiger partial charge >= 0.3 is 5.69 Å². The van der Waals surface area contributed by atoms with Crippen LogP contribution in [0.1, 0.15) is 5.56 Å². The van der Waals surface area contributed by atoms with E-state index in [1.54, 1.807) is 13.4 Å². The Morgan fingerprint density at radius 1 is 1.05 bits per heavy atom. The molecular formula is C14H14N4O2. The van der Waals surface area contributed by atoms with Gasteiger partial charge in [0.1, 0.15) is 5.65 Å². The molecule has 0 unspecified atom stereocenters. The fraction of sp³-hybridized carbons (Fsp3) is 0.214. The zero-order valence-corrected chi connectivity index (χ0v) is 11.3. The van der Waals surface area contributed by atoms with E-state index in [0.29, 0.717) is 17.7 Å². The second-order valence-corrected chi connectivity index (χ2v) is 4.74.